The molecule has 0 bridgehead atoms. The molecule has 7 nitrogen and oxygen atoms in total. The second-order valence-electron chi connectivity index (χ2n) is 4.20. The average Bonchev–Trinajstić information content (AvgIpc) is 3.00. The van der Waals surface area contributed by atoms with Crippen molar-refractivity contribution in [2.24, 2.45) is 0 Å². The quantitative estimate of drug-likeness (QED) is 0.638. The highest BCUT2D eigenvalue weighted by atomic mass is 16.5. The van der Waals surface area contributed by atoms with Gasteiger partial charge in [0.15, 0.2) is 11.5 Å². The Hall–Kier alpha value is -2.70. The normalized spacial score (nSPS) is 10.2. The zero-order valence-corrected chi connectivity index (χ0v) is 11.9. The summed E-state index contributed by atoms with van der Waals surface area (Å²) in [6.45, 7) is 0.681. The minimum atomic E-state index is -0.513. The molecule has 0 atom stereocenters. The number of methoxy groups -OCH3 is 2. The van der Waals surface area contributed by atoms with Crippen molar-refractivity contribution >= 4 is 11.7 Å². The van der Waals surface area contributed by atoms with Gasteiger partial charge in [-0.3, -0.25) is 4.68 Å². The van der Waals surface area contributed by atoms with Crippen LogP contribution in [0.15, 0.2) is 30.6 Å². The number of nitrogen functional groups attached to an aromatic ring is 1. The van der Waals surface area contributed by atoms with Gasteiger partial charge in [0.25, 0.3) is 0 Å². The highest BCUT2D eigenvalue weighted by Crippen LogP contribution is 2.32. The standard InChI is InChI=1S/C14H17N3O4/c1-19-12-8-10(11(15)9-13(12)20-2)14(18)21-7-6-17-5-3-4-16-17/h3-5,8-9H,6-7,15H2,1-2H3. The van der Waals surface area contributed by atoms with Gasteiger partial charge in [-0.25, -0.2) is 4.79 Å². The molecule has 2 rings (SSSR count). The van der Waals surface area contributed by atoms with Crippen molar-refractivity contribution < 1.29 is 19.0 Å². The van der Waals surface area contributed by atoms with E-state index >= 15 is 0 Å². The maximum atomic E-state index is 12.0. The summed E-state index contributed by atoms with van der Waals surface area (Å²) in [5.74, 6) is 0.370. The van der Waals surface area contributed by atoms with Crippen molar-refractivity contribution in [1.82, 2.24) is 9.78 Å². The fourth-order valence-corrected chi connectivity index (χ4v) is 1.81. The van der Waals surface area contributed by atoms with Gasteiger partial charge in [0.1, 0.15) is 6.61 Å². The number of nitrogens with two attached hydrogens (primary N) is 1. The van der Waals surface area contributed by atoms with Gasteiger partial charge in [-0.1, -0.05) is 0 Å². The average molecular weight is 291 g/mol. The molecule has 1 aromatic carbocycles. The number of nitrogens with zero attached hydrogens (tertiary/aromatic N) is 2. The van der Waals surface area contributed by atoms with Gasteiger partial charge < -0.3 is 19.9 Å². The maximum absolute atomic E-state index is 12.0. The lowest BCUT2D eigenvalue weighted by Gasteiger charge is -2.12. The lowest BCUT2D eigenvalue weighted by molar-refractivity contribution is 0.0488. The van der Waals surface area contributed by atoms with E-state index in [-0.39, 0.29) is 17.9 Å². The second kappa shape index (κ2) is 6.65. The molecule has 1 heterocycles. The molecule has 0 saturated carbocycles. The van der Waals surface area contributed by atoms with Crippen LogP contribution in [-0.2, 0) is 11.3 Å². The number of carbonyl (C=O) groups excluding carboxylic acids is 1. The Balaban J connectivity index is 2.04. The lowest BCUT2D eigenvalue weighted by Crippen LogP contribution is -2.13. The van der Waals surface area contributed by atoms with E-state index < -0.39 is 5.97 Å². The van der Waals surface area contributed by atoms with Gasteiger partial charge in [0, 0.05) is 24.5 Å². The topological polar surface area (TPSA) is 88.6 Å². The van der Waals surface area contributed by atoms with Crippen LogP contribution in [0.4, 0.5) is 5.69 Å². The number of aromatic nitrogens is 2. The SMILES string of the molecule is COc1cc(N)c(C(=O)OCCn2cccn2)cc1OC. The smallest absolute Gasteiger partial charge is 0.340 e. The Labute approximate surface area is 122 Å². The predicted octanol–water partition coefficient (Wildman–Crippen LogP) is 1.34. The Morgan fingerprint density at radius 1 is 1.29 bits per heavy atom. The summed E-state index contributed by atoms with van der Waals surface area (Å²) in [6, 6.07) is 4.83. The van der Waals surface area contributed by atoms with Gasteiger partial charge in [-0.05, 0) is 6.07 Å². The summed E-state index contributed by atoms with van der Waals surface area (Å²) in [5.41, 5.74) is 6.35. The van der Waals surface area contributed by atoms with Crippen LogP contribution in [0, 0.1) is 0 Å². The molecule has 0 aliphatic carbocycles. The van der Waals surface area contributed by atoms with Crippen LogP contribution in [0.5, 0.6) is 11.5 Å². The van der Waals surface area contributed by atoms with Crippen LogP contribution in [0.2, 0.25) is 0 Å². The van der Waals surface area contributed by atoms with Crippen LogP contribution in [0.25, 0.3) is 0 Å². The molecule has 0 radical (unpaired) electrons. The zero-order chi connectivity index (χ0) is 15.2. The molecule has 1 aromatic heterocycles. The fourth-order valence-electron chi connectivity index (χ4n) is 1.81. The van der Waals surface area contributed by atoms with Crippen LogP contribution in [0.3, 0.4) is 0 Å². The largest absolute Gasteiger partial charge is 0.493 e. The highest BCUT2D eigenvalue weighted by Gasteiger charge is 2.16. The minimum absolute atomic E-state index is 0.203. The van der Waals surface area contributed by atoms with E-state index in [1.54, 1.807) is 23.1 Å². The van der Waals surface area contributed by atoms with Crippen molar-refractivity contribution in [2.45, 2.75) is 6.54 Å². The van der Waals surface area contributed by atoms with Crippen LogP contribution in [-0.4, -0.2) is 36.6 Å². The minimum Gasteiger partial charge on any atom is -0.493 e. The van der Waals surface area contributed by atoms with Gasteiger partial charge >= 0.3 is 5.97 Å². The molecule has 0 aliphatic rings. The van der Waals surface area contributed by atoms with Crippen molar-refractivity contribution in [3.8, 4) is 11.5 Å². The van der Waals surface area contributed by atoms with Gasteiger partial charge in [-0.2, -0.15) is 5.10 Å². The molecule has 0 aliphatic heterocycles. The summed E-state index contributed by atoms with van der Waals surface area (Å²) in [5, 5.41) is 4.02. The van der Waals surface area contributed by atoms with E-state index in [0.717, 1.165) is 0 Å². The molecule has 0 fully saturated rings. The van der Waals surface area contributed by atoms with E-state index in [1.807, 2.05) is 0 Å². The van der Waals surface area contributed by atoms with E-state index in [4.69, 9.17) is 19.9 Å². The number of hydrogen-bond acceptors (Lipinski definition) is 6. The number of benzene rings is 1. The fraction of sp³-hybridized carbons (Fsp3) is 0.286. The van der Waals surface area contributed by atoms with E-state index in [2.05, 4.69) is 5.10 Å². The Morgan fingerprint density at radius 2 is 2.00 bits per heavy atom. The van der Waals surface area contributed by atoms with Gasteiger partial charge in [0.05, 0.1) is 32.0 Å². The summed E-state index contributed by atoms with van der Waals surface area (Å²) in [6.07, 6.45) is 3.45. The lowest BCUT2D eigenvalue weighted by atomic mass is 10.1. The number of carbonyl (C=O) groups is 1. The molecule has 0 unspecified atom stereocenters. The van der Waals surface area contributed by atoms with E-state index in [1.165, 1.54) is 26.4 Å². The highest BCUT2D eigenvalue weighted by molar-refractivity contribution is 5.96. The maximum Gasteiger partial charge on any atom is 0.340 e. The first-order valence-corrected chi connectivity index (χ1v) is 6.31. The molecule has 2 aromatic rings. The predicted molar refractivity (Wildman–Crippen MR) is 76.5 cm³/mol. The molecule has 0 spiro atoms. The zero-order valence-electron chi connectivity index (χ0n) is 11.9. The number of ether oxygens (including phenoxy) is 3. The Kier molecular flexibility index (Phi) is 4.65. The summed E-state index contributed by atoms with van der Waals surface area (Å²) < 4.78 is 17.1. The van der Waals surface area contributed by atoms with Crippen molar-refractivity contribution in [3.05, 3.63) is 36.2 Å². The third-order valence-electron chi connectivity index (χ3n) is 2.89. The first kappa shape index (κ1) is 14.7. The number of anilines is 1. The van der Waals surface area contributed by atoms with Crippen LogP contribution >= 0.6 is 0 Å². The Bertz CT molecular complexity index is 611. The molecule has 21 heavy (non-hydrogen) atoms. The summed E-state index contributed by atoms with van der Waals surface area (Å²) in [4.78, 5) is 12.0. The first-order chi connectivity index (χ1) is 10.2. The third-order valence-corrected chi connectivity index (χ3v) is 2.89. The molecule has 0 amide bonds. The molecule has 112 valence electrons. The molecule has 7 heteroatoms. The molecular formula is C14H17N3O4. The third kappa shape index (κ3) is 3.44. The molecule has 0 saturated heterocycles. The number of rotatable bonds is 6. The van der Waals surface area contributed by atoms with Crippen molar-refractivity contribution in [1.29, 1.82) is 0 Å². The molecule has 2 N–H and O–H groups in total. The Morgan fingerprint density at radius 3 is 2.62 bits per heavy atom. The number of hydrogen-bond donors (Lipinski definition) is 1. The number of esters is 1. The first-order valence-electron chi connectivity index (χ1n) is 6.31. The molecular weight excluding hydrogens is 274 g/mol. The van der Waals surface area contributed by atoms with E-state index in [9.17, 15) is 4.79 Å². The second-order valence-corrected chi connectivity index (χ2v) is 4.20. The van der Waals surface area contributed by atoms with Crippen molar-refractivity contribution in [3.63, 3.8) is 0 Å². The van der Waals surface area contributed by atoms with Crippen molar-refractivity contribution in [2.75, 3.05) is 26.6 Å². The van der Waals surface area contributed by atoms with Gasteiger partial charge in [-0.15, -0.1) is 0 Å². The van der Waals surface area contributed by atoms with Gasteiger partial charge in [0.2, 0.25) is 0 Å². The van der Waals surface area contributed by atoms with E-state index in [0.29, 0.717) is 18.0 Å². The monoisotopic (exact) mass is 291 g/mol. The van der Waals surface area contributed by atoms with Crippen LogP contribution < -0.4 is 15.2 Å². The summed E-state index contributed by atoms with van der Waals surface area (Å²) >= 11 is 0. The van der Waals surface area contributed by atoms with Crippen LogP contribution in [0.1, 0.15) is 10.4 Å². The summed E-state index contributed by atoms with van der Waals surface area (Å²) in [7, 11) is 2.99.